The molecule has 16 heavy (non-hydrogen) atoms. The molecule has 1 aliphatic heterocycles. The summed E-state index contributed by atoms with van der Waals surface area (Å²) in [5.74, 6) is 0.874. The number of rotatable bonds is 3. The molecule has 4 nitrogen and oxygen atoms in total. The number of pyridine rings is 1. The van der Waals surface area contributed by atoms with Gasteiger partial charge < -0.3 is 14.7 Å². The van der Waals surface area contributed by atoms with Crippen LogP contribution in [0.1, 0.15) is 5.69 Å². The number of hydrogen-bond acceptors (Lipinski definition) is 4. The van der Waals surface area contributed by atoms with E-state index in [1.165, 1.54) is 0 Å². The molecule has 0 amide bonds. The highest BCUT2D eigenvalue weighted by Gasteiger charge is 2.13. The third-order valence-corrected chi connectivity index (χ3v) is 2.75. The topological polar surface area (TPSA) is 45.6 Å². The average Bonchev–Trinajstić information content (AvgIpc) is 2.30. The summed E-state index contributed by atoms with van der Waals surface area (Å²) >= 11 is 6.03. The van der Waals surface area contributed by atoms with Gasteiger partial charge in [-0.15, -0.1) is 0 Å². The molecule has 1 fully saturated rings. The highest BCUT2D eigenvalue weighted by atomic mass is 35.5. The number of ether oxygens (including phenoxy) is 1. The van der Waals surface area contributed by atoms with E-state index in [4.69, 9.17) is 21.4 Å². The van der Waals surface area contributed by atoms with E-state index in [0.717, 1.165) is 37.8 Å². The van der Waals surface area contributed by atoms with Crippen LogP contribution in [0.4, 0.5) is 5.82 Å². The zero-order valence-corrected chi connectivity index (χ0v) is 9.78. The van der Waals surface area contributed by atoms with Gasteiger partial charge in [-0.3, -0.25) is 0 Å². The molecule has 1 N–H and O–H groups in total. The van der Waals surface area contributed by atoms with Crippen molar-refractivity contribution in [1.29, 1.82) is 0 Å². The van der Waals surface area contributed by atoms with Gasteiger partial charge in [-0.25, -0.2) is 4.98 Å². The minimum atomic E-state index is 0.0931. The Morgan fingerprint density at radius 3 is 2.81 bits per heavy atom. The second kappa shape index (κ2) is 5.48. The van der Waals surface area contributed by atoms with Crippen molar-refractivity contribution >= 4 is 17.4 Å². The smallest absolute Gasteiger partial charge is 0.130 e. The summed E-state index contributed by atoms with van der Waals surface area (Å²) in [4.78, 5) is 6.62. The van der Waals surface area contributed by atoms with Gasteiger partial charge in [0.25, 0.3) is 0 Å². The number of aliphatic hydroxyl groups is 1. The third kappa shape index (κ3) is 2.84. The molecule has 5 heteroatoms. The molecule has 1 saturated heterocycles. The van der Waals surface area contributed by atoms with Gasteiger partial charge in [-0.05, 0) is 12.1 Å². The Morgan fingerprint density at radius 2 is 2.12 bits per heavy atom. The van der Waals surface area contributed by atoms with E-state index in [-0.39, 0.29) is 6.61 Å². The maximum Gasteiger partial charge on any atom is 0.130 e. The Hall–Kier alpha value is -0.840. The Labute approximate surface area is 99.8 Å². The molecule has 1 aromatic heterocycles. The Bertz CT molecular complexity index is 354. The van der Waals surface area contributed by atoms with E-state index in [9.17, 15) is 0 Å². The molecule has 0 atom stereocenters. The van der Waals surface area contributed by atoms with Crippen molar-refractivity contribution in [3.05, 3.63) is 22.8 Å². The normalized spacial score (nSPS) is 16.5. The summed E-state index contributed by atoms with van der Waals surface area (Å²) < 4.78 is 5.29. The number of halogens is 1. The van der Waals surface area contributed by atoms with Crippen LogP contribution in [0.2, 0.25) is 5.02 Å². The van der Waals surface area contributed by atoms with Gasteiger partial charge >= 0.3 is 0 Å². The molecular weight excluding hydrogens is 228 g/mol. The molecule has 0 unspecified atom stereocenters. The number of morpholine rings is 1. The Morgan fingerprint density at radius 1 is 1.38 bits per heavy atom. The van der Waals surface area contributed by atoms with Crippen molar-refractivity contribution in [3.8, 4) is 0 Å². The van der Waals surface area contributed by atoms with E-state index in [1.54, 1.807) is 6.07 Å². The number of nitrogens with zero attached hydrogens (tertiary/aromatic N) is 2. The van der Waals surface area contributed by atoms with Crippen molar-refractivity contribution in [2.75, 3.05) is 37.8 Å². The summed E-state index contributed by atoms with van der Waals surface area (Å²) in [5.41, 5.74) is 0.830. The van der Waals surface area contributed by atoms with Crippen LogP contribution < -0.4 is 4.90 Å². The van der Waals surface area contributed by atoms with Crippen molar-refractivity contribution in [2.45, 2.75) is 6.42 Å². The van der Waals surface area contributed by atoms with Gasteiger partial charge in [-0.2, -0.15) is 0 Å². The molecule has 2 rings (SSSR count). The van der Waals surface area contributed by atoms with Crippen molar-refractivity contribution in [2.24, 2.45) is 0 Å². The van der Waals surface area contributed by atoms with Crippen LogP contribution in [-0.2, 0) is 11.2 Å². The highest BCUT2D eigenvalue weighted by Crippen LogP contribution is 2.20. The number of hydrogen-bond donors (Lipinski definition) is 1. The average molecular weight is 243 g/mol. The Kier molecular flexibility index (Phi) is 3.98. The van der Waals surface area contributed by atoms with E-state index < -0.39 is 0 Å². The fraction of sp³-hybridized carbons (Fsp3) is 0.545. The molecule has 0 saturated carbocycles. The van der Waals surface area contributed by atoms with Gasteiger partial charge in [0, 0.05) is 36.8 Å². The van der Waals surface area contributed by atoms with Crippen molar-refractivity contribution in [3.63, 3.8) is 0 Å². The number of aromatic nitrogens is 1. The first-order valence-electron chi connectivity index (χ1n) is 5.39. The lowest BCUT2D eigenvalue weighted by molar-refractivity contribution is 0.122. The van der Waals surface area contributed by atoms with Crippen LogP contribution >= 0.6 is 11.6 Å². The lowest BCUT2D eigenvalue weighted by atomic mass is 10.2. The van der Waals surface area contributed by atoms with Gasteiger partial charge in [-0.1, -0.05) is 11.6 Å². The van der Waals surface area contributed by atoms with E-state index >= 15 is 0 Å². The minimum absolute atomic E-state index is 0.0931. The standard InChI is InChI=1S/C11H15ClN2O2/c12-9-7-10(1-4-15)13-11(8-9)14-2-5-16-6-3-14/h7-8,15H,1-6H2. The largest absolute Gasteiger partial charge is 0.396 e. The molecule has 0 aliphatic carbocycles. The molecule has 0 aromatic carbocycles. The number of anilines is 1. The third-order valence-electron chi connectivity index (χ3n) is 2.53. The van der Waals surface area contributed by atoms with Crippen molar-refractivity contribution in [1.82, 2.24) is 4.98 Å². The van der Waals surface area contributed by atoms with Crippen molar-refractivity contribution < 1.29 is 9.84 Å². The first-order chi connectivity index (χ1) is 7.79. The maximum absolute atomic E-state index is 8.90. The summed E-state index contributed by atoms with van der Waals surface area (Å²) in [6.45, 7) is 3.22. The maximum atomic E-state index is 8.90. The van der Waals surface area contributed by atoms with E-state index in [1.807, 2.05) is 6.07 Å². The van der Waals surface area contributed by atoms with Gasteiger partial charge in [0.1, 0.15) is 5.82 Å². The summed E-state index contributed by atoms with van der Waals surface area (Å²) in [7, 11) is 0. The molecule has 0 radical (unpaired) electrons. The second-order valence-corrected chi connectivity index (χ2v) is 4.14. The zero-order chi connectivity index (χ0) is 11.4. The number of aliphatic hydroxyl groups excluding tert-OH is 1. The molecule has 88 valence electrons. The van der Waals surface area contributed by atoms with Crippen LogP contribution in [0.5, 0.6) is 0 Å². The van der Waals surface area contributed by atoms with Gasteiger partial charge in [0.15, 0.2) is 0 Å². The summed E-state index contributed by atoms with van der Waals surface area (Å²) in [6.07, 6.45) is 0.540. The highest BCUT2D eigenvalue weighted by molar-refractivity contribution is 6.30. The minimum Gasteiger partial charge on any atom is -0.396 e. The fourth-order valence-corrected chi connectivity index (χ4v) is 1.96. The van der Waals surface area contributed by atoms with Gasteiger partial charge in [0.05, 0.1) is 13.2 Å². The summed E-state index contributed by atoms with van der Waals surface area (Å²) in [6, 6.07) is 3.65. The Balaban J connectivity index is 2.18. The second-order valence-electron chi connectivity index (χ2n) is 3.71. The molecular formula is C11H15ClN2O2. The monoisotopic (exact) mass is 242 g/mol. The molecule has 0 bridgehead atoms. The van der Waals surface area contributed by atoms with Crippen LogP contribution in [0, 0.1) is 0 Å². The SMILES string of the molecule is OCCc1cc(Cl)cc(N2CCOCC2)n1. The van der Waals surface area contributed by atoms with Crippen LogP contribution in [0.25, 0.3) is 0 Å². The lowest BCUT2D eigenvalue weighted by Crippen LogP contribution is -2.36. The van der Waals surface area contributed by atoms with E-state index in [2.05, 4.69) is 9.88 Å². The summed E-state index contributed by atoms with van der Waals surface area (Å²) in [5, 5.41) is 9.56. The van der Waals surface area contributed by atoms with Crippen LogP contribution in [-0.4, -0.2) is 43.0 Å². The van der Waals surface area contributed by atoms with Gasteiger partial charge in [0.2, 0.25) is 0 Å². The van der Waals surface area contributed by atoms with Crippen LogP contribution in [0.3, 0.4) is 0 Å². The molecule has 2 heterocycles. The van der Waals surface area contributed by atoms with E-state index in [0.29, 0.717) is 11.4 Å². The first-order valence-corrected chi connectivity index (χ1v) is 5.77. The fourth-order valence-electron chi connectivity index (χ4n) is 1.73. The molecule has 0 spiro atoms. The predicted molar refractivity (Wildman–Crippen MR) is 63.1 cm³/mol. The quantitative estimate of drug-likeness (QED) is 0.863. The molecule has 1 aromatic rings. The lowest BCUT2D eigenvalue weighted by Gasteiger charge is -2.28. The molecule has 1 aliphatic rings. The van der Waals surface area contributed by atoms with Crippen LogP contribution in [0.15, 0.2) is 12.1 Å². The zero-order valence-electron chi connectivity index (χ0n) is 9.03. The predicted octanol–water partition coefficient (Wildman–Crippen LogP) is 1.11. The first kappa shape index (κ1) is 11.6.